The summed E-state index contributed by atoms with van der Waals surface area (Å²) in [4.78, 5) is 27.1. The number of halogens is 3. The molecule has 0 aliphatic carbocycles. The molecule has 2 amide bonds. The fraction of sp³-hybridized carbons (Fsp3) is 0.120. The lowest BCUT2D eigenvalue weighted by Gasteiger charge is -2.14. The van der Waals surface area contributed by atoms with Gasteiger partial charge in [0.05, 0.1) is 18.6 Å². The molecule has 1 aliphatic rings. The minimum Gasteiger partial charge on any atom is -0.493 e. The zero-order chi connectivity index (χ0) is 24.2. The first kappa shape index (κ1) is 24.7. The van der Waals surface area contributed by atoms with Gasteiger partial charge in [0.25, 0.3) is 11.1 Å². The Morgan fingerprint density at radius 1 is 1.06 bits per heavy atom. The number of hydrogen-bond donors (Lipinski definition) is 0. The Labute approximate surface area is 219 Å². The molecule has 9 heteroatoms. The Kier molecular flexibility index (Phi) is 7.88. The van der Waals surface area contributed by atoms with Crippen LogP contribution in [-0.2, 0) is 17.9 Å². The van der Waals surface area contributed by atoms with Crippen molar-refractivity contribution in [2.24, 2.45) is 0 Å². The van der Waals surface area contributed by atoms with Crippen molar-refractivity contribution in [1.82, 2.24) is 4.90 Å². The topological polar surface area (TPSA) is 55.8 Å². The fourth-order valence-corrected chi connectivity index (χ4v) is 4.86. The summed E-state index contributed by atoms with van der Waals surface area (Å²) in [5, 5.41) is 0.505. The van der Waals surface area contributed by atoms with E-state index in [9.17, 15) is 9.59 Å². The Morgan fingerprint density at radius 2 is 1.82 bits per heavy atom. The lowest BCUT2D eigenvalue weighted by molar-refractivity contribution is -0.123. The second kappa shape index (κ2) is 10.9. The molecule has 0 atom stereocenters. The van der Waals surface area contributed by atoms with Gasteiger partial charge in [-0.25, -0.2) is 0 Å². The molecule has 1 saturated heterocycles. The second-order valence-electron chi connectivity index (χ2n) is 7.30. The van der Waals surface area contributed by atoms with Gasteiger partial charge in [0.15, 0.2) is 11.5 Å². The van der Waals surface area contributed by atoms with Crippen LogP contribution >= 0.6 is 50.9 Å². The number of carbonyl (C=O) groups excluding carboxylic acids is 2. The largest absolute Gasteiger partial charge is 0.493 e. The highest BCUT2D eigenvalue weighted by atomic mass is 79.9. The lowest BCUT2D eigenvalue weighted by Crippen LogP contribution is -2.27. The van der Waals surface area contributed by atoms with Crippen molar-refractivity contribution < 1.29 is 19.1 Å². The van der Waals surface area contributed by atoms with Gasteiger partial charge in [0, 0.05) is 20.1 Å². The third-order valence-electron chi connectivity index (χ3n) is 5.03. The summed E-state index contributed by atoms with van der Waals surface area (Å²) in [6.45, 7) is 0.369. The Balaban J connectivity index is 1.58. The van der Waals surface area contributed by atoms with Crippen LogP contribution in [0.1, 0.15) is 16.7 Å². The van der Waals surface area contributed by atoms with Gasteiger partial charge in [0.1, 0.15) is 6.61 Å². The van der Waals surface area contributed by atoms with Crippen molar-refractivity contribution >= 4 is 68.1 Å². The fourth-order valence-electron chi connectivity index (χ4n) is 3.30. The van der Waals surface area contributed by atoms with Crippen molar-refractivity contribution in [1.29, 1.82) is 0 Å². The normalized spacial score (nSPS) is 14.7. The number of ether oxygens (including phenoxy) is 2. The maximum absolute atomic E-state index is 13.1. The van der Waals surface area contributed by atoms with Crippen LogP contribution in [0.5, 0.6) is 11.5 Å². The number of methoxy groups -OCH3 is 1. The van der Waals surface area contributed by atoms with Crippen molar-refractivity contribution in [3.8, 4) is 11.5 Å². The van der Waals surface area contributed by atoms with Crippen LogP contribution in [0.15, 0.2) is 70.0 Å². The van der Waals surface area contributed by atoms with E-state index < -0.39 is 5.91 Å². The van der Waals surface area contributed by atoms with E-state index in [0.717, 1.165) is 26.7 Å². The molecule has 34 heavy (non-hydrogen) atoms. The highest BCUT2D eigenvalue weighted by molar-refractivity contribution is 9.10. The number of thioether (sulfide) groups is 1. The van der Waals surface area contributed by atoms with Crippen molar-refractivity contribution in [2.45, 2.75) is 13.2 Å². The van der Waals surface area contributed by atoms with Crippen LogP contribution in [0, 0.1) is 0 Å². The summed E-state index contributed by atoms with van der Waals surface area (Å²) in [6, 6.07) is 18.1. The Morgan fingerprint density at radius 3 is 2.53 bits per heavy atom. The molecule has 0 bridgehead atoms. The van der Waals surface area contributed by atoms with Gasteiger partial charge in [-0.2, -0.15) is 0 Å². The number of nitrogens with zero attached hydrogens (tertiary/aromatic N) is 1. The van der Waals surface area contributed by atoms with Crippen molar-refractivity contribution in [3.05, 3.63) is 96.8 Å². The molecule has 1 fully saturated rings. The summed E-state index contributed by atoms with van der Waals surface area (Å²) < 4.78 is 12.5. The van der Waals surface area contributed by atoms with E-state index in [2.05, 4.69) is 15.9 Å². The first-order chi connectivity index (χ1) is 16.4. The number of imide groups is 1. The molecule has 0 N–H and O–H groups in total. The minimum absolute atomic E-state index is 0.0586. The predicted octanol–water partition coefficient (Wildman–Crippen LogP) is 7.58. The molecule has 4 rings (SSSR count). The van der Waals surface area contributed by atoms with Crippen LogP contribution in [0.3, 0.4) is 0 Å². The summed E-state index contributed by atoms with van der Waals surface area (Å²) in [5.41, 5.74) is 2.24. The van der Waals surface area contributed by atoms with E-state index in [0.29, 0.717) is 39.3 Å². The van der Waals surface area contributed by atoms with Crippen molar-refractivity contribution in [3.63, 3.8) is 0 Å². The smallest absolute Gasteiger partial charge is 0.293 e. The maximum atomic E-state index is 13.1. The predicted molar refractivity (Wildman–Crippen MR) is 139 cm³/mol. The molecular weight excluding hydrogens is 561 g/mol. The summed E-state index contributed by atoms with van der Waals surface area (Å²) in [6.07, 6.45) is 1.65. The number of rotatable bonds is 7. The van der Waals surface area contributed by atoms with E-state index in [4.69, 9.17) is 32.7 Å². The number of hydrogen-bond acceptors (Lipinski definition) is 5. The highest BCUT2D eigenvalue weighted by Crippen LogP contribution is 2.38. The molecule has 3 aromatic rings. The molecule has 174 valence electrons. The number of amides is 2. The van der Waals surface area contributed by atoms with Crippen LogP contribution in [0.4, 0.5) is 4.79 Å². The van der Waals surface area contributed by atoms with Gasteiger partial charge in [-0.05, 0) is 59.3 Å². The van der Waals surface area contributed by atoms with Crippen LogP contribution < -0.4 is 9.47 Å². The van der Waals surface area contributed by atoms with Crippen LogP contribution in [0.25, 0.3) is 6.08 Å². The van der Waals surface area contributed by atoms with Gasteiger partial charge in [0.2, 0.25) is 0 Å². The SMILES string of the molecule is COc1cccc(/C=C2\SC(=O)N(Cc3ccc(Cl)cc3Cl)C2=O)c1OCc1ccc(Br)cc1. The van der Waals surface area contributed by atoms with Gasteiger partial charge in [-0.3, -0.25) is 14.5 Å². The molecule has 3 aromatic carbocycles. The quantitative estimate of drug-likeness (QED) is 0.270. The zero-order valence-electron chi connectivity index (χ0n) is 17.9. The van der Waals surface area contributed by atoms with Crippen LogP contribution in [-0.4, -0.2) is 23.2 Å². The Bertz CT molecular complexity index is 1280. The lowest BCUT2D eigenvalue weighted by atomic mass is 10.1. The molecule has 0 unspecified atom stereocenters. The average Bonchev–Trinajstić information content (AvgIpc) is 3.08. The Hall–Kier alpha value is -2.45. The highest BCUT2D eigenvalue weighted by Gasteiger charge is 2.35. The standard InChI is InChI=1S/C25H18BrCl2NO4S/c1-32-21-4-2-3-16(23(21)33-14-15-5-8-18(26)9-6-15)11-22-24(30)29(25(31)34-22)13-17-7-10-19(27)12-20(17)28/h2-12H,13-14H2,1H3/b22-11-. The number of para-hydroxylation sites is 1. The molecule has 0 radical (unpaired) electrons. The molecule has 5 nitrogen and oxygen atoms in total. The number of benzene rings is 3. The maximum Gasteiger partial charge on any atom is 0.293 e. The van der Waals surface area contributed by atoms with E-state index >= 15 is 0 Å². The molecule has 1 aliphatic heterocycles. The molecule has 0 aromatic heterocycles. The molecular formula is C25H18BrCl2NO4S. The summed E-state index contributed by atoms with van der Waals surface area (Å²) >= 11 is 16.5. The molecule has 0 saturated carbocycles. The van der Waals surface area contributed by atoms with Gasteiger partial charge >= 0.3 is 0 Å². The summed E-state index contributed by atoms with van der Waals surface area (Å²) in [7, 11) is 1.55. The van der Waals surface area contributed by atoms with Gasteiger partial charge < -0.3 is 9.47 Å². The third kappa shape index (κ3) is 5.61. The first-order valence-electron chi connectivity index (χ1n) is 10.1. The zero-order valence-corrected chi connectivity index (χ0v) is 21.8. The van der Waals surface area contributed by atoms with Crippen LogP contribution in [0.2, 0.25) is 10.0 Å². The monoisotopic (exact) mass is 577 g/mol. The third-order valence-corrected chi connectivity index (χ3v) is 7.05. The molecule has 1 heterocycles. The van der Waals surface area contributed by atoms with E-state index in [1.54, 1.807) is 43.5 Å². The average molecular weight is 579 g/mol. The number of carbonyl (C=O) groups is 2. The summed E-state index contributed by atoms with van der Waals surface area (Å²) in [5.74, 6) is 0.612. The van der Waals surface area contributed by atoms with Gasteiger partial charge in [-0.1, -0.05) is 69.5 Å². The van der Waals surface area contributed by atoms with Gasteiger partial charge in [-0.15, -0.1) is 0 Å². The minimum atomic E-state index is -0.400. The second-order valence-corrected chi connectivity index (χ2v) is 10.0. The van der Waals surface area contributed by atoms with Crippen molar-refractivity contribution in [2.75, 3.05) is 7.11 Å². The van der Waals surface area contributed by atoms with E-state index in [-0.39, 0.29) is 16.7 Å². The first-order valence-corrected chi connectivity index (χ1v) is 12.5. The molecule has 0 spiro atoms. The van der Waals surface area contributed by atoms with E-state index in [1.807, 2.05) is 30.3 Å². The van der Waals surface area contributed by atoms with E-state index in [1.165, 1.54) is 0 Å².